The second-order valence-corrected chi connectivity index (χ2v) is 3.72. The van der Waals surface area contributed by atoms with Gasteiger partial charge in [0.1, 0.15) is 5.82 Å². The summed E-state index contributed by atoms with van der Waals surface area (Å²) in [5.74, 6) is 1.19. The van der Waals surface area contributed by atoms with Crippen molar-refractivity contribution < 1.29 is 0 Å². The number of hydrogen-bond donors (Lipinski definition) is 0. The first-order chi connectivity index (χ1) is 6.09. The minimum atomic E-state index is 0.462. The van der Waals surface area contributed by atoms with Gasteiger partial charge in [0.15, 0.2) is 0 Å². The maximum Gasteiger partial charge on any atom is 0.132 e. The smallest absolute Gasteiger partial charge is 0.132 e. The SMILES string of the molecule is CC1=CC(C)N(C)c2cc(C)nn21. The monoisotopic (exact) mass is 177 g/mol. The molecular weight excluding hydrogens is 162 g/mol. The van der Waals surface area contributed by atoms with Gasteiger partial charge in [0.05, 0.1) is 5.69 Å². The molecule has 1 unspecified atom stereocenters. The van der Waals surface area contributed by atoms with Crippen LogP contribution in [0, 0.1) is 6.92 Å². The van der Waals surface area contributed by atoms with Gasteiger partial charge < -0.3 is 4.90 Å². The number of fused-ring (bicyclic) bond motifs is 1. The molecule has 1 aromatic rings. The molecule has 0 N–H and O–H groups in total. The van der Waals surface area contributed by atoms with Gasteiger partial charge in [-0.15, -0.1) is 0 Å². The summed E-state index contributed by atoms with van der Waals surface area (Å²) in [6, 6.07) is 2.58. The molecule has 0 radical (unpaired) electrons. The first-order valence-electron chi connectivity index (χ1n) is 4.58. The van der Waals surface area contributed by atoms with Gasteiger partial charge >= 0.3 is 0 Å². The zero-order valence-electron chi connectivity index (χ0n) is 8.57. The molecule has 1 aromatic heterocycles. The van der Waals surface area contributed by atoms with Crippen LogP contribution in [0.5, 0.6) is 0 Å². The molecule has 0 saturated carbocycles. The Morgan fingerprint density at radius 3 is 2.77 bits per heavy atom. The predicted molar refractivity (Wildman–Crippen MR) is 54.8 cm³/mol. The maximum absolute atomic E-state index is 4.42. The first-order valence-corrected chi connectivity index (χ1v) is 4.58. The van der Waals surface area contributed by atoms with E-state index in [1.54, 1.807) is 0 Å². The average Bonchev–Trinajstić information content (AvgIpc) is 2.44. The molecule has 0 aliphatic carbocycles. The highest BCUT2D eigenvalue weighted by Gasteiger charge is 2.19. The Balaban J connectivity index is 2.57. The van der Waals surface area contributed by atoms with Crippen molar-refractivity contribution in [1.29, 1.82) is 0 Å². The van der Waals surface area contributed by atoms with Crippen molar-refractivity contribution in [3.05, 3.63) is 17.8 Å². The van der Waals surface area contributed by atoms with Crippen molar-refractivity contribution in [1.82, 2.24) is 9.78 Å². The second-order valence-electron chi connectivity index (χ2n) is 3.72. The molecule has 0 bridgehead atoms. The number of nitrogens with zero attached hydrogens (tertiary/aromatic N) is 3. The van der Waals surface area contributed by atoms with Crippen molar-refractivity contribution in [3.63, 3.8) is 0 Å². The normalized spacial score (nSPS) is 21.4. The zero-order chi connectivity index (χ0) is 9.59. The highest BCUT2D eigenvalue weighted by molar-refractivity contribution is 5.59. The number of hydrogen-bond acceptors (Lipinski definition) is 2. The van der Waals surface area contributed by atoms with Crippen molar-refractivity contribution in [2.45, 2.75) is 26.8 Å². The van der Waals surface area contributed by atoms with E-state index in [2.05, 4.69) is 43.0 Å². The molecule has 1 aliphatic rings. The van der Waals surface area contributed by atoms with Crippen molar-refractivity contribution in [2.75, 3.05) is 11.9 Å². The Hall–Kier alpha value is -1.25. The van der Waals surface area contributed by atoms with Gasteiger partial charge in [-0.1, -0.05) is 0 Å². The van der Waals surface area contributed by atoms with Crippen LogP contribution in [0.1, 0.15) is 19.5 Å². The van der Waals surface area contributed by atoms with E-state index in [-0.39, 0.29) is 0 Å². The number of rotatable bonds is 0. The number of aromatic nitrogens is 2. The van der Waals surface area contributed by atoms with Crippen LogP contribution in [0.2, 0.25) is 0 Å². The van der Waals surface area contributed by atoms with Crippen LogP contribution < -0.4 is 4.90 Å². The van der Waals surface area contributed by atoms with Crippen LogP contribution in [-0.4, -0.2) is 22.9 Å². The van der Waals surface area contributed by atoms with Gasteiger partial charge in [0.2, 0.25) is 0 Å². The Morgan fingerprint density at radius 2 is 2.08 bits per heavy atom. The lowest BCUT2D eigenvalue weighted by molar-refractivity contribution is 0.732. The third-order valence-corrected chi connectivity index (χ3v) is 2.60. The van der Waals surface area contributed by atoms with Crippen LogP contribution in [-0.2, 0) is 0 Å². The van der Waals surface area contributed by atoms with E-state index in [0.29, 0.717) is 6.04 Å². The summed E-state index contributed by atoms with van der Waals surface area (Å²) in [6.07, 6.45) is 2.22. The largest absolute Gasteiger partial charge is 0.353 e. The van der Waals surface area contributed by atoms with E-state index < -0.39 is 0 Å². The van der Waals surface area contributed by atoms with E-state index in [1.807, 2.05) is 11.6 Å². The van der Waals surface area contributed by atoms with Crippen molar-refractivity contribution in [3.8, 4) is 0 Å². The molecule has 0 amide bonds. The minimum Gasteiger partial charge on any atom is -0.353 e. The fourth-order valence-corrected chi connectivity index (χ4v) is 1.74. The molecule has 2 rings (SSSR count). The average molecular weight is 177 g/mol. The topological polar surface area (TPSA) is 21.1 Å². The third kappa shape index (κ3) is 1.15. The lowest BCUT2D eigenvalue weighted by Gasteiger charge is -2.29. The maximum atomic E-state index is 4.42. The van der Waals surface area contributed by atoms with Gasteiger partial charge in [-0.2, -0.15) is 5.10 Å². The number of likely N-dealkylation sites (N-methyl/N-ethyl adjacent to an activating group) is 1. The van der Waals surface area contributed by atoms with E-state index in [1.165, 1.54) is 11.5 Å². The Morgan fingerprint density at radius 1 is 1.38 bits per heavy atom. The summed E-state index contributed by atoms with van der Waals surface area (Å²) in [5.41, 5.74) is 2.29. The molecule has 2 heterocycles. The molecule has 1 atom stereocenters. The lowest BCUT2D eigenvalue weighted by atomic mass is 10.2. The molecular formula is C10H15N3. The van der Waals surface area contributed by atoms with Crippen LogP contribution in [0.4, 0.5) is 5.82 Å². The first kappa shape index (κ1) is 8.35. The molecule has 0 saturated heterocycles. The number of allylic oxidation sites excluding steroid dienone is 1. The summed E-state index contributed by atoms with van der Waals surface area (Å²) in [5, 5.41) is 4.42. The van der Waals surface area contributed by atoms with Crippen LogP contribution >= 0.6 is 0 Å². The van der Waals surface area contributed by atoms with Gasteiger partial charge in [0, 0.05) is 24.9 Å². The molecule has 1 aliphatic heterocycles. The Kier molecular flexibility index (Phi) is 1.68. The van der Waals surface area contributed by atoms with Crippen molar-refractivity contribution in [2.24, 2.45) is 0 Å². The van der Waals surface area contributed by atoms with E-state index in [4.69, 9.17) is 0 Å². The summed E-state index contributed by atoms with van der Waals surface area (Å²) in [4.78, 5) is 2.23. The lowest BCUT2D eigenvalue weighted by Crippen LogP contribution is -2.32. The fraction of sp³-hybridized carbons (Fsp3) is 0.500. The summed E-state index contributed by atoms with van der Waals surface area (Å²) in [7, 11) is 2.10. The molecule has 3 heteroatoms. The second kappa shape index (κ2) is 2.62. The zero-order valence-corrected chi connectivity index (χ0v) is 8.57. The van der Waals surface area contributed by atoms with E-state index in [0.717, 1.165) is 5.69 Å². The minimum absolute atomic E-state index is 0.462. The van der Waals surface area contributed by atoms with Crippen molar-refractivity contribution >= 4 is 11.5 Å². The highest BCUT2D eigenvalue weighted by Crippen LogP contribution is 2.26. The fourth-order valence-electron chi connectivity index (χ4n) is 1.74. The molecule has 0 spiro atoms. The number of anilines is 1. The van der Waals surface area contributed by atoms with E-state index >= 15 is 0 Å². The van der Waals surface area contributed by atoms with Crippen LogP contribution in [0.15, 0.2) is 12.1 Å². The highest BCUT2D eigenvalue weighted by atomic mass is 15.4. The van der Waals surface area contributed by atoms with Crippen LogP contribution in [0.25, 0.3) is 5.70 Å². The van der Waals surface area contributed by atoms with Gasteiger partial charge in [-0.3, -0.25) is 0 Å². The summed E-state index contributed by atoms with van der Waals surface area (Å²) >= 11 is 0. The van der Waals surface area contributed by atoms with Gasteiger partial charge in [-0.25, -0.2) is 4.68 Å². The summed E-state index contributed by atoms with van der Waals surface area (Å²) in [6.45, 7) is 6.31. The summed E-state index contributed by atoms with van der Waals surface area (Å²) < 4.78 is 2.00. The predicted octanol–water partition coefficient (Wildman–Crippen LogP) is 1.89. The molecule has 70 valence electrons. The third-order valence-electron chi connectivity index (χ3n) is 2.60. The van der Waals surface area contributed by atoms with Gasteiger partial charge in [-0.05, 0) is 26.8 Å². The van der Waals surface area contributed by atoms with E-state index in [9.17, 15) is 0 Å². The molecule has 0 aromatic carbocycles. The number of aryl methyl sites for hydroxylation is 1. The Labute approximate surface area is 78.7 Å². The van der Waals surface area contributed by atoms with Gasteiger partial charge in [0.25, 0.3) is 0 Å². The molecule has 0 fully saturated rings. The standard InChI is InChI=1S/C10H15N3/c1-7-5-10-12(4)8(2)6-9(3)13(10)11-7/h5-6,8H,1-4H3. The van der Waals surface area contributed by atoms with Crippen LogP contribution in [0.3, 0.4) is 0 Å². The quantitative estimate of drug-likeness (QED) is 0.603. The molecule has 3 nitrogen and oxygen atoms in total. The Bertz CT molecular complexity index is 362. The molecule has 13 heavy (non-hydrogen) atoms.